The number of carboxylic acid groups (broad SMARTS) is 1. The zero-order valence-electron chi connectivity index (χ0n) is 5.55. The Balaban J connectivity index is 0. The molecule has 0 radical (unpaired) electrons. The molecule has 0 aliphatic carbocycles. The highest BCUT2D eigenvalue weighted by atomic mass is 16.4. The van der Waals surface area contributed by atoms with Crippen LogP contribution >= 0.6 is 0 Å². The summed E-state index contributed by atoms with van der Waals surface area (Å²) in [6.07, 6.45) is -0.167. The summed E-state index contributed by atoms with van der Waals surface area (Å²) in [5.74, 6) is -1.43. The molecule has 0 bridgehead atoms. The van der Waals surface area contributed by atoms with Crippen LogP contribution in [-0.4, -0.2) is 31.0 Å². The maximum absolute atomic E-state index is 9.00. The largest absolute Gasteiger partial charge is 0.476 e. The standard InChI is InChI=1S/C3H9N.C2H2O3/c1-3-4-2;3-1-2(4)5/h4H,3H2,1-2H3;1H,(H,4,5). The number of carbonyl (C=O) groups excluding carboxylic acids is 1. The van der Waals surface area contributed by atoms with Gasteiger partial charge in [0.05, 0.1) is 0 Å². The highest BCUT2D eigenvalue weighted by molar-refractivity contribution is 6.19. The minimum Gasteiger partial charge on any atom is -0.476 e. The van der Waals surface area contributed by atoms with Crippen LogP contribution in [0.25, 0.3) is 0 Å². The molecule has 0 spiro atoms. The topological polar surface area (TPSA) is 66.4 Å². The summed E-state index contributed by atoms with van der Waals surface area (Å²) in [7, 11) is 1.93. The van der Waals surface area contributed by atoms with Crippen molar-refractivity contribution in [3.8, 4) is 0 Å². The fourth-order valence-corrected chi connectivity index (χ4v) is 0. The number of carbonyl (C=O) groups is 2. The van der Waals surface area contributed by atoms with Crippen LogP contribution in [0.1, 0.15) is 6.92 Å². The zero-order chi connectivity index (χ0) is 7.70. The molecule has 9 heavy (non-hydrogen) atoms. The number of hydrogen-bond donors (Lipinski definition) is 2. The van der Waals surface area contributed by atoms with Crippen LogP contribution in [0.4, 0.5) is 0 Å². The van der Waals surface area contributed by atoms with Gasteiger partial charge in [0.15, 0.2) is 0 Å². The Morgan fingerprint density at radius 1 is 1.78 bits per heavy atom. The second-order valence-electron chi connectivity index (χ2n) is 1.16. The van der Waals surface area contributed by atoms with E-state index in [1.54, 1.807) is 0 Å². The Morgan fingerprint density at radius 2 is 2.00 bits per heavy atom. The molecule has 0 atom stereocenters. The Hall–Kier alpha value is -0.900. The summed E-state index contributed by atoms with van der Waals surface area (Å²) in [6.45, 7) is 3.14. The van der Waals surface area contributed by atoms with Gasteiger partial charge in [0.1, 0.15) is 0 Å². The highest BCUT2D eigenvalue weighted by Crippen LogP contribution is 1.39. The maximum atomic E-state index is 9.00. The molecular weight excluding hydrogens is 122 g/mol. The van der Waals surface area contributed by atoms with Crippen LogP contribution in [-0.2, 0) is 9.59 Å². The Bertz CT molecular complexity index is 80.3. The molecule has 0 aliphatic rings. The quantitative estimate of drug-likeness (QED) is 0.393. The summed E-state index contributed by atoms with van der Waals surface area (Å²) in [4.78, 5) is 17.9. The van der Waals surface area contributed by atoms with Gasteiger partial charge in [-0.15, -0.1) is 0 Å². The number of carboxylic acids is 1. The molecule has 0 saturated heterocycles. The van der Waals surface area contributed by atoms with Crippen molar-refractivity contribution in [2.45, 2.75) is 6.92 Å². The second kappa shape index (κ2) is 10.2. The van der Waals surface area contributed by atoms with E-state index in [2.05, 4.69) is 12.2 Å². The van der Waals surface area contributed by atoms with Gasteiger partial charge in [0.2, 0.25) is 6.29 Å². The zero-order valence-corrected chi connectivity index (χ0v) is 5.55. The van der Waals surface area contributed by atoms with Crippen molar-refractivity contribution < 1.29 is 14.7 Å². The number of nitrogens with one attached hydrogen (secondary N) is 1. The van der Waals surface area contributed by atoms with Crippen LogP contribution in [0.2, 0.25) is 0 Å². The Morgan fingerprint density at radius 3 is 2.00 bits per heavy atom. The molecule has 0 aromatic heterocycles. The SMILES string of the molecule is CCNC.O=CC(=O)O. The molecule has 0 saturated carbocycles. The minimum absolute atomic E-state index is 0.167. The van der Waals surface area contributed by atoms with E-state index >= 15 is 0 Å². The first-order chi connectivity index (χ1) is 4.18. The van der Waals surface area contributed by atoms with Crippen molar-refractivity contribution in [2.24, 2.45) is 0 Å². The van der Waals surface area contributed by atoms with Gasteiger partial charge in [-0.05, 0) is 13.6 Å². The highest BCUT2D eigenvalue weighted by Gasteiger charge is 1.80. The smallest absolute Gasteiger partial charge is 0.368 e. The lowest BCUT2D eigenvalue weighted by Gasteiger charge is -1.76. The number of rotatable bonds is 2. The molecule has 0 rings (SSSR count). The molecule has 2 N–H and O–H groups in total. The van der Waals surface area contributed by atoms with Crippen LogP contribution in [0.15, 0.2) is 0 Å². The van der Waals surface area contributed by atoms with E-state index < -0.39 is 5.97 Å². The Labute approximate surface area is 53.9 Å². The lowest BCUT2D eigenvalue weighted by Crippen LogP contribution is -2.01. The first kappa shape index (κ1) is 11.0. The molecule has 0 fully saturated rings. The molecule has 0 aromatic rings. The van der Waals surface area contributed by atoms with Crippen molar-refractivity contribution >= 4 is 12.3 Å². The summed E-state index contributed by atoms with van der Waals surface area (Å²) in [5.41, 5.74) is 0. The van der Waals surface area contributed by atoms with Crippen molar-refractivity contribution in [3.05, 3.63) is 0 Å². The van der Waals surface area contributed by atoms with Gasteiger partial charge >= 0.3 is 5.97 Å². The van der Waals surface area contributed by atoms with Gasteiger partial charge in [0.25, 0.3) is 0 Å². The van der Waals surface area contributed by atoms with Crippen LogP contribution in [0, 0.1) is 0 Å². The Kier molecular flexibility index (Phi) is 12.4. The van der Waals surface area contributed by atoms with Crippen molar-refractivity contribution in [3.63, 3.8) is 0 Å². The molecule has 4 heteroatoms. The summed E-state index contributed by atoms with van der Waals surface area (Å²) in [5, 5.41) is 10.3. The maximum Gasteiger partial charge on any atom is 0.368 e. The summed E-state index contributed by atoms with van der Waals surface area (Å²) < 4.78 is 0. The van der Waals surface area contributed by atoms with Crippen molar-refractivity contribution in [2.75, 3.05) is 13.6 Å². The third-order valence-electron chi connectivity index (χ3n) is 0.454. The van der Waals surface area contributed by atoms with Crippen molar-refractivity contribution in [1.29, 1.82) is 0 Å². The van der Waals surface area contributed by atoms with Crippen molar-refractivity contribution in [1.82, 2.24) is 5.32 Å². The molecule has 54 valence electrons. The predicted molar refractivity (Wildman–Crippen MR) is 33.3 cm³/mol. The van der Waals surface area contributed by atoms with Gasteiger partial charge < -0.3 is 10.4 Å². The summed E-state index contributed by atoms with van der Waals surface area (Å²) in [6, 6.07) is 0. The number of hydrogen-bond acceptors (Lipinski definition) is 3. The van der Waals surface area contributed by atoms with Crippen LogP contribution < -0.4 is 5.32 Å². The molecule has 0 aliphatic heterocycles. The fourth-order valence-electron chi connectivity index (χ4n) is 0. The average Bonchev–Trinajstić information content (AvgIpc) is 1.89. The number of aldehydes is 1. The minimum atomic E-state index is -1.43. The predicted octanol–water partition coefficient (Wildman–Crippen LogP) is -0.504. The van der Waals surface area contributed by atoms with Crippen LogP contribution in [0.5, 0.6) is 0 Å². The van der Waals surface area contributed by atoms with Gasteiger partial charge in [-0.3, -0.25) is 4.79 Å². The molecule has 4 nitrogen and oxygen atoms in total. The van der Waals surface area contributed by atoms with Gasteiger partial charge in [-0.2, -0.15) is 0 Å². The first-order valence-electron chi connectivity index (χ1n) is 2.51. The van der Waals surface area contributed by atoms with E-state index in [1.807, 2.05) is 7.05 Å². The van der Waals surface area contributed by atoms with Gasteiger partial charge in [-0.1, -0.05) is 6.92 Å². The normalized spacial score (nSPS) is 6.89. The number of aliphatic carboxylic acids is 1. The fraction of sp³-hybridized carbons (Fsp3) is 0.600. The van der Waals surface area contributed by atoms with E-state index in [0.717, 1.165) is 6.54 Å². The third-order valence-corrected chi connectivity index (χ3v) is 0.454. The van der Waals surface area contributed by atoms with Gasteiger partial charge in [-0.25, -0.2) is 4.79 Å². The van der Waals surface area contributed by atoms with E-state index in [9.17, 15) is 0 Å². The van der Waals surface area contributed by atoms with Crippen LogP contribution in [0.3, 0.4) is 0 Å². The average molecular weight is 133 g/mol. The molecular formula is C5H11NO3. The molecule has 0 amide bonds. The molecule has 0 heterocycles. The van der Waals surface area contributed by atoms with E-state index in [-0.39, 0.29) is 6.29 Å². The first-order valence-corrected chi connectivity index (χ1v) is 2.51. The second-order valence-corrected chi connectivity index (χ2v) is 1.16. The molecule has 0 aromatic carbocycles. The van der Waals surface area contributed by atoms with E-state index in [4.69, 9.17) is 14.7 Å². The monoisotopic (exact) mass is 133 g/mol. The third kappa shape index (κ3) is 41.9. The van der Waals surface area contributed by atoms with E-state index in [0.29, 0.717) is 0 Å². The van der Waals surface area contributed by atoms with Gasteiger partial charge in [0, 0.05) is 0 Å². The lowest BCUT2D eigenvalue weighted by atomic mass is 10.8. The summed E-state index contributed by atoms with van der Waals surface area (Å²) >= 11 is 0. The van der Waals surface area contributed by atoms with E-state index in [1.165, 1.54) is 0 Å². The lowest BCUT2D eigenvalue weighted by molar-refractivity contribution is -0.143. The molecule has 0 unspecified atom stereocenters.